The fourth-order valence-corrected chi connectivity index (χ4v) is 0.513. The summed E-state index contributed by atoms with van der Waals surface area (Å²) in [4.78, 5) is 0. The second-order valence-corrected chi connectivity index (χ2v) is 1.48. The lowest BCUT2D eigenvalue weighted by Crippen LogP contribution is -1.94. The average Bonchev–Trinajstić information content (AvgIpc) is 2.06. The number of hydrogen-bond acceptors (Lipinski definition) is 1. The lowest BCUT2D eigenvalue weighted by molar-refractivity contribution is 1.07. The molecule has 0 spiro atoms. The molecule has 0 radical (unpaired) electrons. The van der Waals surface area contributed by atoms with Gasteiger partial charge in [-0.2, -0.15) is 0 Å². The van der Waals surface area contributed by atoms with Gasteiger partial charge in [0, 0.05) is 9.24 Å². The Morgan fingerprint density at radius 2 is 2.25 bits per heavy atom. The Balaban J connectivity index is 2.98. The molecule has 1 nitrogen and oxygen atoms in total. The summed E-state index contributed by atoms with van der Waals surface area (Å²) in [5.74, 6) is 0. The first-order valence-corrected chi connectivity index (χ1v) is 2.38. The molecule has 0 heterocycles. The van der Waals surface area contributed by atoms with Crippen LogP contribution in [0.5, 0.6) is 0 Å². The van der Waals surface area contributed by atoms with Gasteiger partial charge >= 0.3 is 0 Å². The Hall–Kier alpha value is -0.820. The van der Waals surface area contributed by atoms with Crippen molar-refractivity contribution in [3.8, 4) is 0 Å². The van der Waals surface area contributed by atoms with Gasteiger partial charge in [-0.15, -0.1) is 0 Å². The lowest BCUT2D eigenvalue weighted by Gasteiger charge is -1.90. The smallest absolute Gasteiger partial charge is 0.119 e. The van der Waals surface area contributed by atoms with Gasteiger partial charge in [-0.1, -0.05) is 30.3 Å². The van der Waals surface area contributed by atoms with E-state index in [1.807, 2.05) is 0 Å². The summed E-state index contributed by atoms with van der Waals surface area (Å²) in [6, 6.07) is 8.22. The number of rotatable bonds is 2. The van der Waals surface area contributed by atoms with Gasteiger partial charge < -0.3 is 5.72 Å². The van der Waals surface area contributed by atoms with Crippen molar-refractivity contribution in [3.05, 3.63) is 35.9 Å². The van der Waals surface area contributed by atoms with Crippen LogP contribution in [0.2, 0.25) is 2.82 Å². The molecule has 1 aromatic rings. The summed E-state index contributed by atoms with van der Waals surface area (Å²) >= 11 is 0. The lowest BCUT2D eigenvalue weighted by atomic mass is 10.2. The minimum Gasteiger partial charge on any atom is -0.326 e. The molecule has 0 saturated carbocycles. The highest BCUT2D eigenvalue weighted by atomic mass is 14.5. The highest BCUT2D eigenvalue weighted by Crippen LogP contribution is 1.94. The van der Waals surface area contributed by atoms with E-state index in [9.17, 15) is 0 Å². The van der Waals surface area contributed by atoms with Crippen LogP contribution in [-0.2, 0) is 6.50 Å². The van der Waals surface area contributed by atoms with Gasteiger partial charge in [-0.3, -0.25) is 0 Å². The maximum absolute atomic E-state index is 7.34. The average molecular weight is 111 g/mol. The Morgan fingerprint density at radius 1 is 1.50 bits per heavy atom. The normalized spacial score (nSPS) is 18.6. The molecule has 0 aliphatic rings. The molecule has 1 rings (SSSR count). The largest absolute Gasteiger partial charge is 0.326 e. The minimum absolute atomic E-state index is 0.0579. The fourth-order valence-electron chi connectivity index (χ4n) is 0.513. The second-order valence-electron chi connectivity index (χ2n) is 1.48. The maximum atomic E-state index is 7.34. The van der Waals surface area contributed by atoms with Crippen molar-refractivity contribution in [2.45, 2.75) is 6.50 Å². The van der Waals surface area contributed by atoms with Crippen LogP contribution in [0.3, 0.4) is 0 Å². The van der Waals surface area contributed by atoms with Gasteiger partial charge in [0.25, 0.3) is 0 Å². The minimum atomic E-state index is -2.04. The van der Waals surface area contributed by atoms with Crippen LogP contribution >= 0.6 is 0 Å². The van der Waals surface area contributed by atoms with E-state index >= 15 is 0 Å². The molecule has 0 aromatic heterocycles. The van der Waals surface area contributed by atoms with Gasteiger partial charge in [0.2, 0.25) is 0 Å². The van der Waals surface area contributed by atoms with E-state index < -0.39 is 6.50 Å². The molecule has 0 amide bonds. The number of hydrogen-bond donors (Lipinski definition) is 1. The molecule has 8 heavy (non-hydrogen) atoms. The highest BCUT2D eigenvalue weighted by Gasteiger charge is 1.80. The van der Waals surface area contributed by atoms with Crippen LogP contribution in [0.15, 0.2) is 30.3 Å². The first-order valence-electron chi connectivity index (χ1n) is 4.28. The zero-order valence-corrected chi connectivity index (χ0v) is 4.33. The van der Waals surface area contributed by atoms with Crippen LogP contribution in [0.4, 0.5) is 0 Å². The fraction of sp³-hybridized carbons (Fsp3) is 0.143. The van der Waals surface area contributed by atoms with Crippen LogP contribution in [0, 0.1) is 0 Å². The molecule has 0 saturated heterocycles. The Kier molecular flexibility index (Phi) is 0.680. The molecule has 0 fully saturated rings. The van der Waals surface area contributed by atoms with Crippen molar-refractivity contribution < 1.29 is 5.57 Å². The van der Waals surface area contributed by atoms with Gasteiger partial charge in [-0.05, 0) is 5.56 Å². The predicted octanol–water partition coefficient (Wildman–Crippen LogP) is 1.15. The number of nitrogens with two attached hydrogens (primary N) is 1. The molecule has 1 heteroatoms. The van der Waals surface area contributed by atoms with E-state index in [1.54, 1.807) is 30.3 Å². The van der Waals surface area contributed by atoms with Crippen molar-refractivity contribution in [2.75, 3.05) is 0 Å². The first-order chi connectivity index (χ1) is 5.55. The number of benzene rings is 1. The van der Waals surface area contributed by atoms with Gasteiger partial charge in [0.15, 0.2) is 0 Å². The molecule has 2 N–H and O–H groups in total. The molecular formula is C7H9N. The molecule has 0 aliphatic heterocycles. The van der Waals surface area contributed by atoms with Crippen molar-refractivity contribution in [1.82, 2.24) is 0 Å². The van der Waals surface area contributed by atoms with Gasteiger partial charge in [-0.25, -0.2) is 0 Å². The zero-order chi connectivity index (χ0) is 9.19. The Labute approximate surface area is 54.9 Å². The molecule has 42 valence electrons. The van der Waals surface area contributed by atoms with Crippen molar-refractivity contribution in [2.24, 2.45) is 5.72 Å². The van der Waals surface area contributed by atoms with E-state index in [4.69, 9.17) is 5.57 Å². The molecular weight excluding hydrogens is 98.1 g/mol. The van der Waals surface area contributed by atoms with Crippen LogP contribution in [-0.4, -0.2) is 0 Å². The van der Waals surface area contributed by atoms with Gasteiger partial charge in [0.05, 0.1) is 0 Å². The van der Waals surface area contributed by atoms with E-state index in [2.05, 4.69) is 0 Å². The quantitative estimate of drug-likeness (QED) is 0.608. The Bertz CT molecular complexity index is 247. The summed E-state index contributed by atoms with van der Waals surface area (Å²) in [6.45, 7) is -2.04. The van der Waals surface area contributed by atoms with E-state index in [-0.39, 0.29) is 5.72 Å². The van der Waals surface area contributed by atoms with Crippen LogP contribution in [0.25, 0.3) is 0 Å². The molecule has 0 bridgehead atoms. The third-order valence-electron chi connectivity index (χ3n) is 0.903. The molecule has 1 aromatic carbocycles. The summed E-state index contributed by atoms with van der Waals surface area (Å²) in [6.07, 6.45) is 0. The zero-order valence-electron chi connectivity index (χ0n) is 8.33. The van der Waals surface area contributed by atoms with Crippen molar-refractivity contribution in [3.63, 3.8) is 0 Å². The van der Waals surface area contributed by atoms with Crippen molar-refractivity contribution >= 4 is 0 Å². The second kappa shape index (κ2) is 2.48. The molecule has 0 aliphatic carbocycles. The summed E-state index contributed by atoms with van der Waals surface area (Å²) in [5, 5.41) is 0. The predicted molar refractivity (Wildman–Crippen MR) is 34.3 cm³/mol. The summed E-state index contributed by atoms with van der Waals surface area (Å²) in [7, 11) is 0. The monoisotopic (exact) mass is 111 g/mol. The third kappa shape index (κ3) is 1.07. The van der Waals surface area contributed by atoms with Gasteiger partial charge in [0.1, 0.15) is 2.82 Å². The topological polar surface area (TPSA) is 26.0 Å². The van der Waals surface area contributed by atoms with Crippen LogP contribution in [0.1, 0.15) is 8.30 Å². The first kappa shape index (κ1) is 2.19. The highest BCUT2D eigenvalue weighted by molar-refractivity contribution is 5.13. The Morgan fingerprint density at radius 3 is 2.88 bits per heavy atom. The van der Waals surface area contributed by atoms with E-state index in [0.29, 0.717) is 5.56 Å². The molecule has 0 atom stereocenters. The van der Waals surface area contributed by atoms with E-state index in [0.717, 1.165) is 0 Å². The third-order valence-corrected chi connectivity index (χ3v) is 0.903. The maximum Gasteiger partial charge on any atom is 0.119 e. The summed E-state index contributed by atoms with van der Waals surface area (Å²) < 4.78 is 28.4. The standard InChI is InChI=1S/C7H9N/c8-6-7-4-2-1-3-5-7/h1-5H,6,8H2/i6D2/hD2. The summed E-state index contributed by atoms with van der Waals surface area (Å²) in [5.41, 5.74) is 0.373. The molecule has 0 unspecified atom stereocenters. The van der Waals surface area contributed by atoms with E-state index in [1.165, 1.54) is 0 Å². The van der Waals surface area contributed by atoms with Crippen LogP contribution < -0.4 is 5.72 Å². The SMILES string of the molecule is [2H]N([2H])C([2H])([2H])c1ccccc1. The van der Waals surface area contributed by atoms with Crippen molar-refractivity contribution in [1.29, 1.82) is 0 Å².